The van der Waals surface area contributed by atoms with Crippen LogP contribution in [0.2, 0.25) is 0 Å². The molecule has 0 spiro atoms. The molecule has 0 aliphatic heterocycles. The van der Waals surface area contributed by atoms with Gasteiger partial charge in [0.25, 0.3) is 0 Å². The van der Waals surface area contributed by atoms with Gasteiger partial charge in [0.2, 0.25) is 0 Å². The molecule has 0 amide bonds. The Morgan fingerprint density at radius 1 is 1.00 bits per heavy atom. The molecule has 0 aliphatic carbocycles. The minimum absolute atomic E-state index is 0.192. The molecule has 2 heteroatoms. The van der Waals surface area contributed by atoms with E-state index < -0.39 is 0 Å². The number of halogens is 1. The van der Waals surface area contributed by atoms with Gasteiger partial charge in [0.1, 0.15) is 0 Å². The third-order valence-electron chi connectivity index (χ3n) is 3.86. The van der Waals surface area contributed by atoms with Crippen LogP contribution in [0.25, 0.3) is 0 Å². The van der Waals surface area contributed by atoms with Crippen LogP contribution in [0, 0.1) is 6.92 Å². The Bertz CT molecular complexity index is 608. The summed E-state index contributed by atoms with van der Waals surface area (Å²) in [6.07, 6.45) is 0. The number of aryl methyl sites for hydroxylation is 1. The molecule has 1 atom stereocenters. The second-order valence-electron chi connectivity index (χ2n) is 6.62. The molecule has 1 N–H and O–H groups in total. The normalized spacial score (nSPS) is 13.2. The Hall–Kier alpha value is -1.12. The lowest BCUT2D eigenvalue weighted by atomic mass is 9.85. The van der Waals surface area contributed by atoms with Crippen molar-refractivity contribution in [1.29, 1.82) is 0 Å². The van der Waals surface area contributed by atoms with Crippen LogP contribution >= 0.6 is 15.9 Å². The lowest BCUT2D eigenvalue weighted by molar-refractivity contribution is 0.589. The second-order valence-corrected chi connectivity index (χ2v) is 7.47. The molecule has 0 aromatic heterocycles. The molecule has 0 bridgehead atoms. The Kier molecular flexibility index (Phi) is 4.90. The SMILES string of the molecule is CNC(c1ccc(C(C)(C)C)cc1)c1cc(C)ccc1Br. The molecule has 0 radical (unpaired) electrons. The largest absolute Gasteiger partial charge is 0.309 e. The summed E-state index contributed by atoms with van der Waals surface area (Å²) in [6.45, 7) is 8.86. The van der Waals surface area contributed by atoms with E-state index in [0.717, 1.165) is 4.47 Å². The van der Waals surface area contributed by atoms with Gasteiger partial charge in [0.05, 0.1) is 6.04 Å². The summed E-state index contributed by atoms with van der Waals surface area (Å²) >= 11 is 3.68. The zero-order chi connectivity index (χ0) is 15.6. The topological polar surface area (TPSA) is 12.0 Å². The maximum Gasteiger partial charge on any atom is 0.0585 e. The molecule has 21 heavy (non-hydrogen) atoms. The van der Waals surface area contributed by atoms with Crippen LogP contribution in [0.5, 0.6) is 0 Å². The van der Waals surface area contributed by atoms with E-state index in [0.29, 0.717) is 0 Å². The summed E-state index contributed by atoms with van der Waals surface area (Å²) < 4.78 is 1.15. The average Bonchev–Trinajstić information content (AvgIpc) is 2.43. The zero-order valence-electron chi connectivity index (χ0n) is 13.5. The fourth-order valence-electron chi connectivity index (χ4n) is 2.56. The van der Waals surface area contributed by atoms with Crippen molar-refractivity contribution in [3.05, 3.63) is 69.2 Å². The third-order valence-corrected chi connectivity index (χ3v) is 4.58. The van der Waals surface area contributed by atoms with Crippen LogP contribution in [0.4, 0.5) is 0 Å². The van der Waals surface area contributed by atoms with E-state index in [1.165, 1.54) is 22.3 Å². The summed E-state index contributed by atoms with van der Waals surface area (Å²) in [5.41, 5.74) is 5.40. The van der Waals surface area contributed by atoms with Gasteiger partial charge in [-0.25, -0.2) is 0 Å². The van der Waals surface area contributed by atoms with E-state index in [-0.39, 0.29) is 11.5 Å². The van der Waals surface area contributed by atoms with Crippen molar-refractivity contribution in [2.24, 2.45) is 0 Å². The van der Waals surface area contributed by atoms with Crippen LogP contribution in [0.15, 0.2) is 46.9 Å². The Morgan fingerprint density at radius 3 is 2.14 bits per heavy atom. The molecule has 1 nitrogen and oxygen atoms in total. The second kappa shape index (κ2) is 6.33. The molecule has 2 aromatic carbocycles. The molecule has 1 unspecified atom stereocenters. The zero-order valence-corrected chi connectivity index (χ0v) is 15.1. The van der Waals surface area contributed by atoms with Crippen molar-refractivity contribution in [2.45, 2.75) is 39.2 Å². The first-order valence-corrected chi connectivity index (χ1v) is 8.16. The molecule has 0 saturated carbocycles. The van der Waals surface area contributed by atoms with Crippen LogP contribution in [-0.4, -0.2) is 7.05 Å². The molecule has 0 saturated heterocycles. The van der Waals surface area contributed by atoms with Crippen LogP contribution < -0.4 is 5.32 Å². The first-order chi connectivity index (χ1) is 9.82. The summed E-state index contributed by atoms with van der Waals surface area (Å²) in [7, 11) is 2.01. The van der Waals surface area contributed by atoms with Crippen molar-refractivity contribution in [3.8, 4) is 0 Å². The Labute approximate surface area is 136 Å². The molecule has 0 heterocycles. The van der Waals surface area contributed by atoms with E-state index in [1.54, 1.807) is 0 Å². The monoisotopic (exact) mass is 345 g/mol. The maximum atomic E-state index is 3.68. The number of nitrogens with one attached hydrogen (secondary N) is 1. The lowest BCUT2D eigenvalue weighted by Crippen LogP contribution is -2.19. The summed E-state index contributed by atoms with van der Waals surface area (Å²) in [6, 6.07) is 15.6. The average molecular weight is 346 g/mol. The van der Waals surface area contributed by atoms with Crippen molar-refractivity contribution in [2.75, 3.05) is 7.05 Å². The van der Waals surface area contributed by atoms with Crippen LogP contribution in [0.1, 0.15) is 49.1 Å². The van der Waals surface area contributed by atoms with E-state index in [4.69, 9.17) is 0 Å². The molecule has 0 fully saturated rings. The molecule has 2 rings (SSSR count). The number of benzene rings is 2. The van der Waals surface area contributed by atoms with Gasteiger partial charge < -0.3 is 5.32 Å². The summed E-state index contributed by atoms with van der Waals surface area (Å²) in [4.78, 5) is 0. The smallest absolute Gasteiger partial charge is 0.0585 e. The first-order valence-electron chi connectivity index (χ1n) is 7.36. The molecular formula is C19H24BrN. The summed E-state index contributed by atoms with van der Waals surface area (Å²) in [5.74, 6) is 0. The van der Waals surface area contributed by atoms with E-state index in [9.17, 15) is 0 Å². The van der Waals surface area contributed by atoms with Crippen molar-refractivity contribution < 1.29 is 0 Å². The Balaban J connectivity index is 2.40. The highest BCUT2D eigenvalue weighted by Crippen LogP contribution is 2.31. The van der Waals surface area contributed by atoms with E-state index in [1.807, 2.05) is 7.05 Å². The van der Waals surface area contributed by atoms with Gasteiger partial charge >= 0.3 is 0 Å². The van der Waals surface area contributed by atoms with Gasteiger partial charge in [-0.05, 0) is 42.1 Å². The minimum atomic E-state index is 0.192. The van der Waals surface area contributed by atoms with E-state index in [2.05, 4.69) is 91.4 Å². The number of hydrogen-bond acceptors (Lipinski definition) is 1. The molecule has 2 aromatic rings. The fraction of sp³-hybridized carbons (Fsp3) is 0.368. The molecule has 112 valence electrons. The van der Waals surface area contributed by atoms with Gasteiger partial charge in [0.15, 0.2) is 0 Å². The minimum Gasteiger partial charge on any atom is -0.309 e. The highest BCUT2D eigenvalue weighted by Gasteiger charge is 2.17. The third kappa shape index (κ3) is 3.75. The quantitative estimate of drug-likeness (QED) is 0.788. The van der Waals surface area contributed by atoms with E-state index >= 15 is 0 Å². The highest BCUT2D eigenvalue weighted by molar-refractivity contribution is 9.10. The van der Waals surface area contributed by atoms with Crippen LogP contribution in [0.3, 0.4) is 0 Å². The predicted octanol–water partition coefficient (Wildman–Crippen LogP) is 5.36. The van der Waals surface area contributed by atoms with Crippen molar-refractivity contribution in [3.63, 3.8) is 0 Å². The molecular weight excluding hydrogens is 322 g/mol. The van der Waals surface area contributed by atoms with Crippen molar-refractivity contribution >= 4 is 15.9 Å². The van der Waals surface area contributed by atoms with Gasteiger partial charge in [-0.1, -0.05) is 78.7 Å². The lowest BCUT2D eigenvalue weighted by Gasteiger charge is -2.22. The summed E-state index contributed by atoms with van der Waals surface area (Å²) in [5, 5.41) is 3.43. The standard InChI is InChI=1S/C19H24BrN/c1-13-6-11-17(20)16(12-13)18(21-5)14-7-9-15(10-8-14)19(2,3)4/h6-12,18,21H,1-5H3. The van der Waals surface area contributed by atoms with Crippen LogP contribution in [-0.2, 0) is 5.41 Å². The molecule has 0 aliphatic rings. The highest BCUT2D eigenvalue weighted by atomic mass is 79.9. The van der Waals surface area contributed by atoms with Crippen molar-refractivity contribution in [1.82, 2.24) is 5.32 Å². The number of hydrogen-bond donors (Lipinski definition) is 1. The van der Waals surface area contributed by atoms with Gasteiger partial charge in [0, 0.05) is 4.47 Å². The van der Waals surface area contributed by atoms with Gasteiger partial charge in [-0.2, -0.15) is 0 Å². The number of rotatable bonds is 3. The van der Waals surface area contributed by atoms with Gasteiger partial charge in [-0.3, -0.25) is 0 Å². The predicted molar refractivity (Wildman–Crippen MR) is 94.9 cm³/mol. The van der Waals surface area contributed by atoms with Gasteiger partial charge in [-0.15, -0.1) is 0 Å². The first kappa shape index (κ1) is 16.3. The fourth-order valence-corrected chi connectivity index (χ4v) is 3.04. The Morgan fingerprint density at radius 2 is 1.62 bits per heavy atom. The maximum absolute atomic E-state index is 3.68.